The van der Waals surface area contributed by atoms with Gasteiger partial charge in [0.05, 0.1) is 15.6 Å². The van der Waals surface area contributed by atoms with Crippen LogP contribution in [0.5, 0.6) is 5.75 Å². The summed E-state index contributed by atoms with van der Waals surface area (Å²) in [6, 6.07) is 5.30. The molecule has 1 unspecified atom stereocenters. The highest BCUT2D eigenvalue weighted by Crippen LogP contribution is 2.25. The van der Waals surface area contributed by atoms with Crippen LogP contribution in [0.2, 0.25) is 10.0 Å². The Hall–Kier alpha value is -1.76. The number of hydrogen-bond donors (Lipinski definition) is 2. The molecule has 2 aromatic rings. The third kappa shape index (κ3) is 5.62. The Labute approximate surface area is 165 Å². The fraction of sp³-hybridized carbons (Fsp3) is 0.333. The number of ether oxygens (including phenoxy) is 1. The van der Waals surface area contributed by atoms with Crippen LogP contribution in [0.15, 0.2) is 29.6 Å². The Balaban J connectivity index is 2.25. The van der Waals surface area contributed by atoms with Crippen molar-refractivity contribution < 1.29 is 19.4 Å². The number of benzene rings is 1. The summed E-state index contributed by atoms with van der Waals surface area (Å²) in [6.45, 7) is 5.23. The van der Waals surface area contributed by atoms with Crippen molar-refractivity contribution in [2.24, 2.45) is 0 Å². The summed E-state index contributed by atoms with van der Waals surface area (Å²) in [5.74, 6) is -1.05. The van der Waals surface area contributed by atoms with Crippen molar-refractivity contribution >= 4 is 46.4 Å². The van der Waals surface area contributed by atoms with Gasteiger partial charge >= 0.3 is 5.97 Å². The maximum absolute atomic E-state index is 12.6. The zero-order valence-electron chi connectivity index (χ0n) is 14.5. The molecule has 0 saturated carbocycles. The summed E-state index contributed by atoms with van der Waals surface area (Å²) in [4.78, 5) is 25.9. The molecule has 0 saturated heterocycles. The van der Waals surface area contributed by atoms with Crippen LogP contribution in [-0.2, 0) is 16.0 Å². The fourth-order valence-corrected chi connectivity index (χ4v) is 3.55. The quantitative estimate of drug-likeness (QED) is 0.707. The third-order valence-electron chi connectivity index (χ3n) is 3.23. The van der Waals surface area contributed by atoms with Gasteiger partial charge in [-0.3, -0.25) is 4.79 Å². The number of halogens is 2. The monoisotopic (exact) mass is 415 g/mol. The number of rotatable bonds is 5. The molecule has 1 aromatic heterocycles. The van der Waals surface area contributed by atoms with E-state index in [4.69, 9.17) is 27.9 Å². The van der Waals surface area contributed by atoms with Crippen LogP contribution in [0.25, 0.3) is 0 Å². The van der Waals surface area contributed by atoms with Gasteiger partial charge in [-0.25, -0.2) is 4.79 Å². The summed E-state index contributed by atoms with van der Waals surface area (Å²) < 4.78 is 5.40. The van der Waals surface area contributed by atoms with Crippen molar-refractivity contribution in [3.05, 3.63) is 50.1 Å². The first-order chi connectivity index (χ1) is 12.1. The van der Waals surface area contributed by atoms with Crippen LogP contribution in [0.3, 0.4) is 0 Å². The molecule has 1 aromatic carbocycles. The maximum atomic E-state index is 12.6. The summed E-state index contributed by atoms with van der Waals surface area (Å²) in [5.41, 5.74) is -0.613. The van der Waals surface area contributed by atoms with Crippen molar-refractivity contribution in [2.75, 3.05) is 0 Å². The summed E-state index contributed by atoms with van der Waals surface area (Å²) >= 11 is 13.4. The van der Waals surface area contributed by atoms with Gasteiger partial charge in [-0.1, -0.05) is 29.3 Å². The Bertz CT molecular complexity index is 794. The molecule has 0 aliphatic rings. The van der Waals surface area contributed by atoms with Crippen molar-refractivity contribution in [3.63, 3.8) is 0 Å². The van der Waals surface area contributed by atoms with Crippen LogP contribution in [0.1, 0.15) is 36.0 Å². The van der Waals surface area contributed by atoms with Crippen LogP contribution in [0.4, 0.5) is 0 Å². The number of hydrogen-bond acceptors (Lipinski definition) is 5. The molecule has 8 heteroatoms. The second-order valence-electron chi connectivity index (χ2n) is 6.63. The Morgan fingerprint density at radius 1 is 1.27 bits per heavy atom. The first kappa shape index (κ1) is 20.6. The molecule has 0 fully saturated rings. The van der Waals surface area contributed by atoms with E-state index in [-0.39, 0.29) is 27.8 Å². The van der Waals surface area contributed by atoms with Crippen LogP contribution < -0.4 is 5.32 Å². The van der Waals surface area contributed by atoms with Gasteiger partial charge < -0.3 is 15.2 Å². The number of carbonyl (C=O) groups is 2. The molecule has 1 amide bonds. The minimum Gasteiger partial charge on any atom is -0.507 e. The fourth-order valence-electron chi connectivity index (χ4n) is 2.19. The van der Waals surface area contributed by atoms with Gasteiger partial charge in [-0.2, -0.15) is 0 Å². The largest absolute Gasteiger partial charge is 0.507 e. The lowest BCUT2D eigenvalue weighted by molar-refractivity contribution is -0.157. The highest BCUT2D eigenvalue weighted by Gasteiger charge is 2.29. The Morgan fingerprint density at radius 3 is 2.38 bits per heavy atom. The molecular formula is C18H19Cl2NO4S. The van der Waals surface area contributed by atoms with Gasteiger partial charge in [0.15, 0.2) is 0 Å². The molecule has 2 N–H and O–H groups in total. The van der Waals surface area contributed by atoms with Gasteiger partial charge in [0.25, 0.3) is 5.91 Å². The molecule has 0 bridgehead atoms. The van der Waals surface area contributed by atoms with Crippen molar-refractivity contribution in [1.82, 2.24) is 5.32 Å². The first-order valence-corrected chi connectivity index (χ1v) is 9.44. The topological polar surface area (TPSA) is 75.6 Å². The highest BCUT2D eigenvalue weighted by atomic mass is 35.5. The molecule has 2 rings (SSSR count). The average molecular weight is 416 g/mol. The van der Waals surface area contributed by atoms with Crippen LogP contribution in [0, 0.1) is 0 Å². The van der Waals surface area contributed by atoms with Crippen molar-refractivity contribution in [2.45, 2.75) is 38.8 Å². The summed E-state index contributed by atoms with van der Waals surface area (Å²) in [7, 11) is 0. The van der Waals surface area contributed by atoms with E-state index in [0.717, 1.165) is 4.88 Å². The van der Waals surface area contributed by atoms with Crippen LogP contribution >= 0.6 is 34.5 Å². The van der Waals surface area contributed by atoms with Gasteiger partial charge in [0.2, 0.25) is 0 Å². The second kappa shape index (κ2) is 8.29. The lowest BCUT2D eigenvalue weighted by Crippen LogP contribution is -2.45. The highest BCUT2D eigenvalue weighted by molar-refractivity contribution is 7.10. The number of esters is 1. The van der Waals surface area contributed by atoms with E-state index in [9.17, 15) is 14.7 Å². The number of nitrogens with one attached hydrogen (secondary N) is 1. The number of aromatic hydroxyl groups is 1. The molecule has 0 aliphatic heterocycles. The predicted octanol–water partition coefficient (Wildman–Crippen LogP) is 4.44. The zero-order valence-corrected chi connectivity index (χ0v) is 16.8. The zero-order chi connectivity index (χ0) is 19.5. The lowest BCUT2D eigenvalue weighted by Gasteiger charge is -2.24. The third-order valence-corrected chi connectivity index (χ3v) is 4.81. The molecule has 1 heterocycles. The Kier molecular flexibility index (Phi) is 6.55. The average Bonchev–Trinajstić information content (AvgIpc) is 2.90. The molecular weight excluding hydrogens is 397 g/mol. The SMILES string of the molecule is CC(C)(C)OC(=O)C(Cc1cc(O)cs1)NC(=O)c1c(Cl)cccc1Cl. The summed E-state index contributed by atoms with van der Waals surface area (Å²) in [6.07, 6.45) is 0.175. The lowest BCUT2D eigenvalue weighted by atomic mass is 10.1. The van der Waals surface area contributed by atoms with E-state index in [2.05, 4.69) is 5.32 Å². The van der Waals surface area contributed by atoms with E-state index in [1.165, 1.54) is 17.4 Å². The molecule has 0 spiro atoms. The smallest absolute Gasteiger partial charge is 0.329 e. The number of amides is 1. The second-order valence-corrected chi connectivity index (χ2v) is 8.44. The first-order valence-electron chi connectivity index (χ1n) is 7.81. The van der Waals surface area contributed by atoms with E-state index in [1.54, 1.807) is 44.4 Å². The van der Waals surface area contributed by atoms with E-state index < -0.39 is 23.5 Å². The minimum absolute atomic E-state index is 0.0958. The molecule has 0 radical (unpaired) electrons. The van der Waals surface area contributed by atoms with Gasteiger partial charge in [-0.05, 0) is 39.0 Å². The van der Waals surface area contributed by atoms with Crippen molar-refractivity contribution in [3.8, 4) is 5.75 Å². The standard InChI is InChI=1S/C18H19Cl2NO4S/c1-18(2,3)25-17(24)14(8-11-7-10(22)9-26-11)21-16(23)15-12(19)5-4-6-13(15)20/h4-7,9,14,22H,8H2,1-3H3,(H,21,23). The molecule has 26 heavy (non-hydrogen) atoms. The van der Waals surface area contributed by atoms with E-state index in [1.807, 2.05) is 0 Å². The Morgan fingerprint density at radius 2 is 1.88 bits per heavy atom. The number of thiophene rings is 1. The van der Waals surface area contributed by atoms with Crippen molar-refractivity contribution in [1.29, 1.82) is 0 Å². The van der Waals surface area contributed by atoms with Gasteiger partial charge in [-0.15, -0.1) is 11.3 Å². The summed E-state index contributed by atoms with van der Waals surface area (Å²) in [5, 5.41) is 14.1. The predicted molar refractivity (Wildman–Crippen MR) is 103 cm³/mol. The van der Waals surface area contributed by atoms with Gasteiger partial charge in [0, 0.05) is 16.7 Å². The molecule has 0 aliphatic carbocycles. The number of carbonyl (C=O) groups excluding carboxylic acids is 2. The van der Waals surface area contributed by atoms with E-state index >= 15 is 0 Å². The molecule has 140 valence electrons. The van der Waals surface area contributed by atoms with E-state index in [0.29, 0.717) is 0 Å². The minimum atomic E-state index is -0.952. The normalized spacial score (nSPS) is 12.5. The van der Waals surface area contributed by atoms with Crippen LogP contribution in [-0.4, -0.2) is 28.6 Å². The molecule has 5 nitrogen and oxygen atoms in total. The maximum Gasteiger partial charge on any atom is 0.329 e. The van der Waals surface area contributed by atoms with Gasteiger partial charge in [0.1, 0.15) is 17.4 Å². The molecule has 1 atom stereocenters.